The van der Waals surface area contributed by atoms with Gasteiger partial charge in [-0.2, -0.15) is 0 Å². The summed E-state index contributed by atoms with van der Waals surface area (Å²) in [7, 11) is 1.28. The normalized spacial score (nSPS) is 12.5. The van der Waals surface area contributed by atoms with Crippen molar-refractivity contribution in [2.45, 2.75) is 45.7 Å². The number of ether oxygens (including phenoxy) is 1. The quantitative estimate of drug-likeness (QED) is 0.555. The van der Waals surface area contributed by atoms with E-state index in [9.17, 15) is 14.4 Å². The number of esters is 1. The predicted molar refractivity (Wildman–Crippen MR) is 95.7 cm³/mol. The molecule has 0 fully saturated rings. The zero-order valence-corrected chi connectivity index (χ0v) is 15.2. The number of amides is 2. The smallest absolute Gasteiger partial charge is 0.328 e. The van der Waals surface area contributed by atoms with Gasteiger partial charge < -0.3 is 15.4 Å². The SMILES string of the molecule is COC(=O)[C@H](CC=C(C)C)NC(=O)[C@H](Cc1ccccc1)NC(C)=O. The highest BCUT2D eigenvalue weighted by molar-refractivity contribution is 5.90. The Bertz CT molecular complexity index is 622. The molecule has 25 heavy (non-hydrogen) atoms. The molecule has 1 aromatic carbocycles. The van der Waals surface area contributed by atoms with Crippen molar-refractivity contribution >= 4 is 17.8 Å². The van der Waals surface area contributed by atoms with Gasteiger partial charge in [-0.25, -0.2) is 4.79 Å². The van der Waals surface area contributed by atoms with Gasteiger partial charge in [-0.05, 0) is 25.8 Å². The van der Waals surface area contributed by atoms with Gasteiger partial charge in [0.1, 0.15) is 12.1 Å². The van der Waals surface area contributed by atoms with Crippen LogP contribution in [0.1, 0.15) is 32.8 Å². The summed E-state index contributed by atoms with van der Waals surface area (Å²) in [5.74, 6) is -1.25. The Morgan fingerprint density at radius 3 is 2.20 bits per heavy atom. The van der Waals surface area contributed by atoms with Crippen LogP contribution in [0.25, 0.3) is 0 Å². The summed E-state index contributed by atoms with van der Waals surface area (Å²) < 4.78 is 4.75. The number of benzene rings is 1. The van der Waals surface area contributed by atoms with Crippen molar-refractivity contribution in [3.8, 4) is 0 Å². The zero-order chi connectivity index (χ0) is 18.8. The van der Waals surface area contributed by atoms with Gasteiger partial charge in [0.2, 0.25) is 11.8 Å². The highest BCUT2D eigenvalue weighted by atomic mass is 16.5. The summed E-state index contributed by atoms with van der Waals surface area (Å²) in [4.78, 5) is 36.0. The molecule has 0 aliphatic heterocycles. The highest BCUT2D eigenvalue weighted by Gasteiger charge is 2.26. The summed E-state index contributed by atoms with van der Waals surface area (Å²) in [5.41, 5.74) is 1.95. The molecule has 0 saturated carbocycles. The van der Waals surface area contributed by atoms with Crippen LogP contribution in [0.3, 0.4) is 0 Å². The fraction of sp³-hybridized carbons (Fsp3) is 0.421. The van der Waals surface area contributed by atoms with Gasteiger partial charge in [0, 0.05) is 13.3 Å². The first-order valence-corrected chi connectivity index (χ1v) is 8.16. The number of allylic oxidation sites excluding steroid dienone is 1. The highest BCUT2D eigenvalue weighted by Crippen LogP contribution is 2.06. The van der Waals surface area contributed by atoms with Crippen molar-refractivity contribution in [2.24, 2.45) is 0 Å². The molecule has 136 valence electrons. The number of methoxy groups -OCH3 is 1. The molecule has 1 rings (SSSR count). The molecule has 0 saturated heterocycles. The Kier molecular flexibility index (Phi) is 8.39. The minimum absolute atomic E-state index is 0.310. The Hall–Kier alpha value is -2.63. The number of carbonyl (C=O) groups excluding carboxylic acids is 3. The molecule has 0 aliphatic carbocycles. The van der Waals surface area contributed by atoms with E-state index in [1.807, 2.05) is 50.3 Å². The number of nitrogens with one attached hydrogen (secondary N) is 2. The lowest BCUT2D eigenvalue weighted by Gasteiger charge is -2.21. The Balaban J connectivity index is 2.88. The number of rotatable bonds is 8. The van der Waals surface area contributed by atoms with Crippen molar-refractivity contribution in [3.05, 3.63) is 47.5 Å². The Labute approximate surface area is 148 Å². The van der Waals surface area contributed by atoms with Crippen molar-refractivity contribution in [1.29, 1.82) is 0 Å². The fourth-order valence-corrected chi connectivity index (χ4v) is 2.29. The molecule has 0 aliphatic rings. The van der Waals surface area contributed by atoms with Crippen molar-refractivity contribution < 1.29 is 19.1 Å². The summed E-state index contributed by atoms with van der Waals surface area (Å²) in [5, 5.41) is 5.31. The van der Waals surface area contributed by atoms with Crippen LogP contribution in [0.2, 0.25) is 0 Å². The molecule has 0 bridgehead atoms. The van der Waals surface area contributed by atoms with E-state index >= 15 is 0 Å². The van der Waals surface area contributed by atoms with Crippen LogP contribution in [0, 0.1) is 0 Å². The van der Waals surface area contributed by atoms with Gasteiger partial charge >= 0.3 is 5.97 Å². The van der Waals surface area contributed by atoms with E-state index in [1.54, 1.807) is 0 Å². The first kappa shape index (κ1) is 20.4. The lowest BCUT2D eigenvalue weighted by atomic mass is 10.0. The maximum absolute atomic E-state index is 12.6. The van der Waals surface area contributed by atoms with Crippen LogP contribution in [0.4, 0.5) is 0 Å². The number of carbonyl (C=O) groups is 3. The molecule has 6 heteroatoms. The van der Waals surface area contributed by atoms with Gasteiger partial charge in [0.15, 0.2) is 0 Å². The molecule has 6 nitrogen and oxygen atoms in total. The van der Waals surface area contributed by atoms with E-state index in [4.69, 9.17) is 4.74 Å². The van der Waals surface area contributed by atoms with Crippen LogP contribution in [-0.4, -0.2) is 37.0 Å². The molecule has 0 unspecified atom stereocenters. The number of hydrogen-bond donors (Lipinski definition) is 2. The van der Waals surface area contributed by atoms with Gasteiger partial charge in [-0.1, -0.05) is 42.0 Å². The molecule has 2 amide bonds. The second-order valence-corrected chi connectivity index (χ2v) is 6.04. The Morgan fingerprint density at radius 2 is 1.68 bits per heavy atom. The van der Waals surface area contributed by atoms with Crippen LogP contribution in [-0.2, 0) is 25.5 Å². The van der Waals surface area contributed by atoms with E-state index in [0.29, 0.717) is 12.8 Å². The largest absolute Gasteiger partial charge is 0.467 e. The van der Waals surface area contributed by atoms with E-state index < -0.39 is 24.0 Å². The third-order valence-electron chi connectivity index (χ3n) is 3.54. The molecule has 0 spiro atoms. The van der Waals surface area contributed by atoms with Crippen LogP contribution < -0.4 is 10.6 Å². The average molecular weight is 346 g/mol. The molecule has 0 heterocycles. The lowest BCUT2D eigenvalue weighted by molar-refractivity contribution is -0.145. The zero-order valence-electron chi connectivity index (χ0n) is 15.2. The van der Waals surface area contributed by atoms with Gasteiger partial charge in [-0.3, -0.25) is 9.59 Å². The lowest BCUT2D eigenvalue weighted by Crippen LogP contribution is -2.52. The molecule has 2 N–H and O–H groups in total. The van der Waals surface area contributed by atoms with Gasteiger partial charge in [0.25, 0.3) is 0 Å². The molecule has 0 aromatic heterocycles. The summed E-state index contributed by atoms with van der Waals surface area (Å²) >= 11 is 0. The maximum atomic E-state index is 12.6. The summed E-state index contributed by atoms with van der Waals surface area (Å²) in [6, 6.07) is 7.81. The second kappa shape index (κ2) is 10.3. The topological polar surface area (TPSA) is 84.5 Å². The number of hydrogen-bond acceptors (Lipinski definition) is 4. The summed E-state index contributed by atoms with van der Waals surface area (Å²) in [6.45, 7) is 5.17. The summed E-state index contributed by atoms with van der Waals surface area (Å²) in [6.07, 6.45) is 2.52. The monoisotopic (exact) mass is 346 g/mol. The van der Waals surface area contributed by atoms with Crippen molar-refractivity contribution in [1.82, 2.24) is 10.6 Å². The predicted octanol–water partition coefficient (Wildman–Crippen LogP) is 1.75. The van der Waals surface area contributed by atoms with Crippen LogP contribution in [0.15, 0.2) is 42.0 Å². The standard InChI is InChI=1S/C19H26N2O4/c1-13(2)10-11-16(19(24)25-4)21-18(23)17(20-14(3)22)12-15-8-6-5-7-9-15/h5-10,16-17H,11-12H2,1-4H3,(H,20,22)(H,21,23)/t16-,17-/m0/s1. The van der Waals surface area contributed by atoms with E-state index in [1.165, 1.54) is 14.0 Å². The van der Waals surface area contributed by atoms with E-state index in [2.05, 4.69) is 10.6 Å². The van der Waals surface area contributed by atoms with E-state index in [-0.39, 0.29) is 5.91 Å². The van der Waals surface area contributed by atoms with Crippen molar-refractivity contribution in [2.75, 3.05) is 7.11 Å². The Morgan fingerprint density at radius 1 is 1.04 bits per heavy atom. The van der Waals surface area contributed by atoms with Crippen molar-refractivity contribution in [3.63, 3.8) is 0 Å². The van der Waals surface area contributed by atoms with Gasteiger partial charge in [-0.15, -0.1) is 0 Å². The molecular formula is C19H26N2O4. The minimum atomic E-state index is -0.792. The third-order valence-corrected chi connectivity index (χ3v) is 3.54. The first-order valence-electron chi connectivity index (χ1n) is 8.16. The first-order chi connectivity index (χ1) is 11.8. The molecule has 0 radical (unpaired) electrons. The molecule has 1 aromatic rings. The van der Waals surface area contributed by atoms with E-state index in [0.717, 1.165) is 11.1 Å². The fourth-order valence-electron chi connectivity index (χ4n) is 2.29. The van der Waals surface area contributed by atoms with Crippen LogP contribution in [0.5, 0.6) is 0 Å². The van der Waals surface area contributed by atoms with Crippen LogP contribution >= 0.6 is 0 Å². The average Bonchev–Trinajstić information content (AvgIpc) is 2.57. The molecule has 2 atom stereocenters. The minimum Gasteiger partial charge on any atom is -0.467 e. The van der Waals surface area contributed by atoms with Gasteiger partial charge in [0.05, 0.1) is 7.11 Å². The maximum Gasteiger partial charge on any atom is 0.328 e. The third kappa shape index (κ3) is 7.65. The second-order valence-electron chi connectivity index (χ2n) is 6.04. The molecular weight excluding hydrogens is 320 g/mol.